The maximum absolute atomic E-state index is 13.7. The second kappa shape index (κ2) is 7.12. The van der Waals surface area contributed by atoms with Crippen molar-refractivity contribution in [3.63, 3.8) is 0 Å². The number of hydrogen-bond acceptors (Lipinski definition) is 3. The van der Waals surface area contributed by atoms with Crippen LogP contribution in [0, 0.1) is 23.6 Å². The minimum Gasteiger partial charge on any atom is -0.454 e. The molecule has 0 bridgehead atoms. The van der Waals surface area contributed by atoms with Crippen LogP contribution in [-0.2, 0) is 17.9 Å². The van der Waals surface area contributed by atoms with Gasteiger partial charge in [0, 0.05) is 19.0 Å². The van der Waals surface area contributed by atoms with Gasteiger partial charge in [0.05, 0.1) is 0 Å². The highest BCUT2D eigenvalue weighted by atomic mass is 19.1. The van der Waals surface area contributed by atoms with Crippen molar-refractivity contribution in [2.24, 2.45) is 17.8 Å². The van der Waals surface area contributed by atoms with Crippen LogP contribution in [0.1, 0.15) is 36.8 Å². The summed E-state index contributed by atoms with van der Waals surface area (Å²) in [6.45, 7) is 1.14. The summed E-state index contributed by atoms with van der Waals surface area (Å²) in [5.74, 6) is 2.63. The van der Waals surface area contributed by atoms with E-state index in [0.29, 0.717) is 24.9 Å². The fraction of sp³-hybridized carbons (Fsp3) is 0.435. The minimum atomic E-state index is -0.270. The van der Waals surface area contributed by atoms with Gasteiger partial charge in [0.25, 0.3) is 0 Å². The van der Waals surface area contributed by atoms with E-state index >= 15 is 0 Å². The number of carbonyl (C=O) groups excluding carboxylic acids is 1. The van der Waals surface area contributed by atoms with Crippen molar-refractivity contribution in [1.82, 2.24) is 4.90 Å². The van der Waals surface area contributed by atoms with Gasteiger partial charge in [0.1, 0.15) is 5.82 Å². The van der Waals surface area contributed by atoms with Gasteiger partial charge in [-0.1, -0.05) is 31.0 Å². The summed E-state index contributed by atoms with van der Waals surface area (Å²) in [6, 6.07) is 12.3. The predicted octanol–water partition coefficient (Wildman–Crippen LogP) is 4.52. The fourth-order valence-electron chi connectivity index (χ4n) is 4.90. The van der Waals surface area contributed by atoms with E-state index in [2.05, 4.69) is 0 Å². The van der Waals surface area contributed by atoms with Crippen LogP contribution in [0.15, 0.2) is 42.5 Å². The Morgan fingerprint density at radius 2 is 1.68 bits per heavy atom. The molecule has 3 atom stereocenters. The zero-order valence-electron chi connectivity index (χ0n) is 15.8. The van der Waals surface area contributed by atoms with Gasteiger partial charge in [-0.25, -0.2) is 4.39 Å². The number of hydrogen-bond donors (Lipinski definition) is 0. The van der Waals surface area contributed by atoms with Crippen LogP contribution in [0.25, 0.3) is 0 Å². The summed E-state index contributed by atoms with van der Waals surface area (Å²) in [4.78, 5) is 15.3. The fourth-order valence-corrected chi connectivity index (χ4v) is 4.90. The lowest BCUT2D eigenvalue weighted by Crippen LogP contribution is -2.32. The largest absolute Gasteiger partial charge is 0.454 e. The molecule has 0 aromatic heterocycles. The van der Waals surface area contributed by atoms with Gasteiger partial charge in [-0.05, 0) is 60.1 Å². The molecule has 1 aliphatic heterocycles. The van der Waals surface area contributed by atoms with E-state index in [1.54, 1.807) is 6.07 Å². The highest BCUT2D eigenvalue weighted by molar-refractivity contribution is 5.82. The van der Waals surface area contributed by atoms with Crippen LogP contribution >= 0.6 is 0 Å². The van der Waals surface area contributed by atoms with Crippen molar-refractivity contribution in [3.8, 4) is 11.5 Å². The van der Waals surface area contributed by atoms with Crippen LogP contribution in [-0.4, -0.2) is 17.6 Å². The molecule has 4 nitrogen and oxygen atoms in total. The summed E-state index contributed by atoms with van der Waals surface area (Å²) in [6.07, 6.45) is 4.80. The van der Waals surface area contributed by atoms with Gasteiger partial charge in [-0.15, -0.1) is 0 Å². The molecule has 1 amide bonds. The number of fused-ring (bicyclic) bond motifs is 2. The monoisotopic (exact) mass is 381 g/mol. The van der Waals surface area contributed by atoms with Gasteiger partial charge < -0.3 is 14.4 Å². The van der Waals surface area contributed by atoms with E-state index in [-0.39, 0.29) is 24.4 Å². The maximum Gasteiger partial charge on any atom is 0.231 e. The Hall–Kier alpha value is -2.56. The molecule has 5 heteroatoms. The molecule has 146 valence electrons. The van der Waals surface area contributed by atoms with Crippen molar-refractivity contribution in [2.75, 3.05) is 6.79 Å². The molecule has 1 unspecified atom stereocenters. The molecule has 2 aliphatic carbocycles. The molecule has 5 rings (SSSR count). The van der Waals surface area contributed by atoms with Gasteiger partial charge in [0.2, 0.25) is 12.7 Å². The zero-order chi connectivity index (χ0) is 19.1. The number of halogens is 1. The Labute approximate surface area is 164 Å². The quantitative estimate of drug-likeness (QED) is 0.764. The molecule has 3 aliphatic rings. The lowest BCUT2D eigenvalue weighted by molar-refractivity contribution is -0.134. The van der Waals surface area contributed by atoms with Crippen LogP contribution in [0.2, 0.25) is 0 Å². The van der Waals surface area contributed by atoms with Crippen LogP contribution in [0.4, 0.5) is 4.39 Å². The molecule has 2 aromatic carbocycles. The van der Waals surface area contributed by atoms with Crippen molar-refractivity contribution < 1.29 is 18.7 Å². The first-order valence-electron chi connectivity index (χ1n) is 10.1. The van der Waals surface area contributed by atoms with Gasteiger partial charge in [-0.3, -0.25) is 4.79 Å². The third-order valence-electron chi connectivity index (χ3n) is 6.33. The highest BCUT2D eigenvalue weighted by Crippen LogP contribution is 2.56. The predicted molar refractivity (Wildman–Crippen MR) is 102 cm³/mol. The van der Waals surface area contributed by atoms with Crippen LogP contribution in [0.5, 0.6) is 11.5 Å². The molecule has 0 N–H and O–H groups in total. The number of ether oxygens (including phenoxy) is 2. The Balaban J connectivity index is 1.38. The SMILES string of the molecule is O=C(C1[C@H]2CCCC[C@@H]12)N(Cc1cccc(F)c1)Cc1ccc2c(c1)OCO2. The molecule has 0 saturated heterocycles. The first-order valence-corrected chi connectivity index (χ1v) is 10.1. The lowest BCUT2D eigenvalue weighted by Gasteiger charge is -2.24. The van der Waals surface area contributed by atoms with E-state index in [9.17, 15) is 9.18 Å². The summed E-state index contributed by atoms with van der Waals surface area (Å²) >= 11 is 0. The molecular formula is C23H24FNO3. The molecule has 1 heterocycles. The minimum absolute atomic E-state index is 0.144. The van der Waals surface area contributed by atoms with E-state index in [4.69, 9.17) is 9.47 Å². The summed E-state index contributed by atoms with van der Waals surface area (Å²) in [5.41, 5.74) is 1.82. The topological polar surface area (TPSA) is 38.8 Å². The van der Waals surface area contributed by atoms with E-state index in [1.165, 1.54) is 37.8 Å². The van der Waals surface area contributed by atoms with E-state index in [0.717, 1.165) is 22.6 Å². The Morgan fingerprint density at radius 3 is 2.43 bits per heavy atom. The average Bonchev–Trinajstić information content (AvgIpc) is 3.24. The van der Waals surface area contributed by atoms with Crippen molar-refractivity contribution in [1.29, 1.82) is 0 Å². The van der Waals surface area contributed by atoms with Gasteiger partial charge in [-0.2, -0.15) is 0 Å². The smallest absolute Gasteiger partial charge is 0.231 e. The van der Waals surface area contributed by atoms with Crippen LogP contribution < -0.4 is 9.47 Å². The molecule has 2 fully saturated rings. The third-order valence-corrected chi connectivity index (χ3v) is 6.33. The third kappa shape index (κ3) is 3.34. The Bertz CT molecular complexity index is 887. The normalized spacial score (nSPS) is 24.5. The number of rotatable bonds is 5. The second-order valence-corrected chi connectivity index (χ2v) is 8.15. The molecule has 28 heavy (non-hydrogen) atoms. The standard InChI is InChI=1S/C23H24FNO3/c24-17-5-3-4-15(10-17)12-25(23(26)22-18-6-1-2-7-19(18)22)13-16-8-9-20-21(11-16)28-14-27-20/h3-5,8-11,18-19,22H,1-2,6-7,12-14H2/t18-,19+,22?. The van der Waals surface area contributed by atoms with Gasteiger partial charge >= 0.3 is 0 Å². The van der Waals surface area contributed by atoms with Crippen molar-refractivity contribution in [2.45, 2.75) is 38.8 Å². The molecule has 0 radical (unpaired) electrons. The number of carbonyl (C=O) groups is 1. The molecule has 2 saturated carbocycles. The van der Waals surface area contributed by atoms with Crippen molar-refractivity contribution in [3.05, 3.63) is 59.4 Å². The maximum atomic E-state index is 13.7. The summed E-state index contributed by atoms with van der Waals surface area (Å²) in [7, 11) is 0. The lowest BCUT2D eigenvalue weighted by atomic mass is 10.0. The van der Waals surface area contributed by atoms with E-state index in [1.807, 2.05) is 29.2 Å². The number of amides is 1. The highest BCUT2D eigenvalue weighted by Gasteiger charge is 2.55. The van der Waals surface area contributed by atoms with E-state index < -0.39 is 0 Å². The van der Waals surface area contributed by atoms with Crippen LogP contribution in [0.3, 0.4) is 0 Å². The average molecular weight is 381 g/mol. The Kier molecular flexibility index (Phi) is 4.46. The summed E-state index contributed by atoms with van der Waals surface area (Å²) < 4.78 is 24.5. The second-order valence-electron chi connectivity index (χ2n) is 8.15. The molecule has 0 spiro atoms. The molecular weight excluding hydrogens is 357 g/mol. The number of nitrogens with zero attached hydrogens (tertiary/aromatic N) is 1. The first-order chi connectivity index (χ1) is 13.7. The molecule has 2 aromatic rings. The first kappa shape index (κ1) is 17.5. The zero-order valence-corrected chi connectivity index (χ0v) is 15.8. The Morgan fingerprint density at radius 1 is 0.964 bits per heavy atom. The number of benzene rings is 2. The summed E-state index contributed by atoms with van der Waals surface area (Å²) in [5, 5.41) is 0. The van der Waals surface area contributed by atoms with Gasteiger partial charge in [0.15, 0.2) is 11.5 Å². The van der Waals surface area contributed by atoms with Crippen molar-refractivity contribution >= 4 is 5.91 Å².